The van der Waals surface area contributed by atoms with Crippen molar-refractivity contribution in [3.8, 4) is 23.0 Å². The number of nitrogens with one attached hydrogen (secondary N) is 2. The van der Waals surface area contributed by atoms with Gasteiger partial charge < -0.3 is 10.6 Å². The number of hydrogen-bond donors (Lipinski definition) is 2. The fourth-order valence-corrected chi connectivity index (χ4v) is 3.13. The minimum absolute atomic E-state index is 0.258. The number of nitrogens with zero attached hydrogens (tertiary/aromatic N) is 6. The molecule has 31 heavy (non-hydrogen) atoms. The molecule has 0 saturated carbocycles. The van der Waals surface area contributed by atoms with Crippen LogP contribution in [-0.2, 0) is 0 Å². The molecule has 4 aromatic rings. The fourth-order valence-electron chi connectivity index (χ4n) is 3.13. The Morgan fingerprint density at radius 3 is 2.48 bits per heavy atom. The normalized spacial score (nSPS) is 10.7. The van der Waals surface area contributed by atoms with Crippen molar-refractivity contribution in [2.75, 3.05) is 10.6 Å². The van der Waals surface area contributed by atoms with Crippen LogP contribution in [0.15, 0.2) is 61.1 Å². The van der Waals surface area contributed by atoms with Crippen molar-refractivity contribution in [3.05, 3.63) is 72.4 Å². The van der Waals surface area contributed by atoms with E-state index in [1.54, 1.807) is 17.2 Å². The highest BCUT2D eigenvalue weighted by Gasteiger charge is 2.08. The molecule has 0 bridgehead atoms. The highest BCUT2D eigenvalue weighted by Crippen LogP contribution is 2.25. The Kier molecular flexibility index (Phi) is 5.58. The monoisotopic (exact) mass is 410 g/mol. The Balaban J connectivity index is 1.57. The van der Waals surface area contributed by atoms with Gasteiger partial charge >= 0.3 is 0 Å². The zero-order valence-electron chi connectivity index (χ0n) is 17.5. The van der Waals surface area contributed by atoms with E-state index in [9.17, 15) is 5.26 Å². The molecule has 0 aliphatic carbocycles. The Bertz CT molecular complexity index is 1240. The van der Waals surface area contributed by atoms with Gasteiger partial charge in [0, 0.05) is 29.2 Å². The van der Waals surface area contributed by atoms with Gasteiger partial charge in [-0.3, -0.25) is 0 Å². The molecule has 2 aromatic carbocycles. The molecule has 8 heteroatoms. The molecule has 154 valence electrons. The largest absolute Gasteiger partial charge is 0.383 e. The van der Waals surface area contributed by atoms with Crippen LogP contribution in [0.4, 0.5) is 17.3 Å². The third-order valence-corrected chi connectivity index (χ3v) is 4.46. The van der Waals surface area contributed by atoms with Gasteiger partial charge in [-0.2, -0.15) is 10.4 Å². The summed E-state index contributed by atoms with van der Waals surface area (Å²) in [6.07, 6.45) is 3.38. The first-order valence-corrected chi connectivity index (χ1v) is 9.91. The first-order valence-electron chi connectivity index (χ1n) is 9.91. The van der Waals surface area contributed by atoms with E-state index in [1.165, 1.54) is 0 Å². The van der Waals surface area contributed by atoms with Crippen molar-refractivity contribution in [1.29, 1.82) is 5.26 Å². The van der Waals surface area contributed by atoms with Gasteiger partial charge in [-0.05, 0) is 69.3 Å². The van der Waals surface area contributed by atoms with Gasteiger partial charge in [-0.1, -0.05) is 0 Å². The second kappa shape index (κ2) is 8.63. The molecule has 0 aliphatic heterocycles. The van der Waals surface area contributed by atoms with Gasteiger partial charge in [0.05, 0.1) is 23.0 Å². The summed E-state index contributed by atoms with van der Waals surface area (Å²) in [5.41, 5.74) is 4.81. The minimum Gasteiger partial charge on any atom is -0.383 e. The average molecular weight is 410 g/mol. The van der Waals surface area contributed by atoms with Crippen molar-refractivity contribution >= 4 is 17.3 Å². The number of hydrogen-bond acceptors (Lipinski definition) is 7. The van der Waals surface area contributed by atoms with E-state index in [1.807, 2.05) is 55.5 Å². The number of nitriles is 1. The summed E-state index contributed by atoms with van der Waals surface area (Å²) >= 11 is 0. The second-order valence-electron chi connectivity index (χ2n) is 7.38. The minimum atomic E-state index is 0.258. The molecular weight excluding hydrogens is 388 g/mol. The van der Waals surface area contributed by atoms with Crippen LogP contribution >= 0.6 is 0 Å². The van der Waals surface area contributed by atoms with Gasteiger partial charge in [-0.25, -0.2) is 19.6 Å². The van der Waals surface area contributed by atoms with Crippen LogP contribution in [0.5, 0.6) is 0 Å². The van der Waals surface area contributed by atoms with Crippen molar-refractivity contribution in [2.45, 2.75) is 26.8 Å². The van der Waals surface area contributed by atoms with Crippen LogP contribution in [0.1, 0.15) is 25.2 Å². The lowest BCUT2D eigenvalue weighted by Crippen LogP contribution is -2.09. The van der Waals surface area contributed by atoms with Crippen LogP contribution in [0.3, 0.4) is 0 Å². The van der Waals surface area contributed by atoms with E-state index in [0.29, 0.717) is 11.5 Å². The molecule has 2 aromatic heterocycles. The smallest absolute Gasteiger partial charge is 0.227 e. The van der Waals surface area contributed by atoms with Crippen molar-refractivity contribution in [2.24, 2.45) is 0 Å². The highest BCUT2D eigenvalue weighted by molar-refractivity contribution is 5.69. The fraction of sp³-hybridized carbons (Fsp3) is 0.174. The summed E-state index contributed by atoms with van der Waals surface area (Å²) in [5, 5.41) is 20.3. The first kappa shape index (κ1) is 20.0. The molecule has 0 aliphatic rings. The maximum Gasteiger partial charge on any atom is 0.227 e. The van der Waals surface area contributed by atoms with E-state index in [4.69, 9.17) is 0 Å². The van der Waals surface area contributed by atoms with E-state index in [2.05, 4.69) is 50.6 Å². The summed E-state index contributed by atoms with van der Waals surface area (Å²) in [4.78, 5) is 13.1. The Hall–Kier alpha value is -4.25. The van der Waals surface area contributed by atoms with Crippen LogP contribution in [0, 0.1) is 18.3 Å². The molecule has 2 heterocycles. The summed E-state index contributed by atoms with van der Waals surface area (Å²) in [5.74, 6) is 1.20. The summed E-state index contributed by atoms with van der Waals surface area (Å²) in [6, 6.07) is 17.7. The number of benzene rings is 2. The van der Waals surface area contributed by atoms with Crippen molar-refractivity contribution < 1.29 is 0 Å². The molecule has 0 saturated heterocycles. The van der Waals surface area contributed by atoms with Crippen LogP contribution < -0.4 is 10.6 Å². The molecule has 0 radical (unpaired) electrons. The Morgan fingerprint density at radius 1 is 1.00 bits per heavy atom. The predicted molar refractivity (Wildman–Crippen MR) is 120 cm³/mol. The standard InChI is InChI=1S/C23H22N8/c1-15(2)27-20-11-17(13-24)10-18(12-20)22-8-9-25-23(29-22)28-19-4-6-21(7-5-19)31-14-26-16(3)30-31/h4-12,14-15,27H,1-3H3,(H,25,28,29). The van der Waals surface area contributed by atoms with Gasteiger partial charge in [0.1, 0.15) is 12.2 Å². The molecule has 8 nitrogen and oxygen atoms in total. The molecule has 0 spiro atoms. The van der Waals surface area contributed by atoms with Crippen LogP contribution in [0.2, 0.25) is 0 Å². The number of anilines is 3. The molecule has 0 amide bonds. The molecule has 2 N–H and O–H groups in total. The number of aryl methyl sites for hydroxylation is 1. The summed E-state index contributed by atoms with van der Waals surface area (Å²) in [6.45, 7) is 5.96. The summed E-state index contributed by atoms with van der Waals surface area (Å²) < 4.78 is 1.72. The van der Waals surface area contributed by atoms with Crippen molar-refractivity contribution in [3.63, 3.8) is 0 Å². The predicted octanol–water partition coefficient (Wildman–Crippen LogP) is 4.47. The van der Waals surface area contributed by atoms with Crippen LogP contribution in [-0.4, -0.2) is 30.8 Å². The molecule has 4 rings (SSSR count). The van der Waals surface area contributed by atoms with E-state index >= 15 is 0 Å². The van der Waals surface area contributed by atoms with Crippen LogP contribution in [0.25, 0.3) is 16.9 Å². The van der Waals surface area contributed by atoms with E-state index in [-0.39, 0.29) is 6.04 Å². The lowest BCUT2D eigenvalue weighted by Gasteiger charge is -2.12. The quantitative estimate of drug-likeness (QED) is 0.483. The molecule has 0 unspecified atom stereocenters. The highest BCUT2D eigenvalue weighted by atomic mass is 15.3. The zero-order chi connectivity index (χ0) is 21.8. The lowest BCUT2D eigenvalue weighted by molar-refractivity contribution is 0.863. The third kappa shape index (κ3) is 4.85. The van der Waals surface area contributed by atoms with Gasteiger partial charge in [0.15, 0.2) is 0 Å². The zero-order valence-corrected chi connectivity index (χ0v) is 17.5. The first-order chi connectivity index (χ1) is 15.0. The second-order valence-corrected chi connectivity index (χ2v) is 7.38. The topological polar surface area (TPSA) is 104 Å². The Morgan fingerprint density at radius 2 is 1.81 bits per heavy atom. The number of rotatable bonds is 6. The maximum atomic E-state index is 9.39. The van der Waals surface area contributed by atoms with Gasteiger partial charge in [0.25, 0.3) is 0 Å². The van der Waals surface area contributed by atoms with Crippen molar-refractivity contribution in [1.82, 2.24) is 24.7 Å². The molecule has 0 fully saturated rings. The SMILES string of the molecule is Cc1ncn(-c2ccc(Nc3nccc(-c4cc(C#N)cc(NC(C)C)c4)n3)cc2)n1. The molecular formula is C23H22N8. The number of aromatic nitrogens is 5. The molecule has 0 atom stereocenters. The van der Waals surface area contributed by atoms with E-state index in [0.717, 1.165) is 34.1 Å². The third-order valence-electron chi connectivity index (χ3n) is 4.46. The van der Waals surface area contributed by atoms with Gasteiger partial charge in [-0.15, -0.1) is 0 Å². The van der Waals surface area contributed by atoms with Gasteiger partial charge in [0.2, 0.25) is 5.95 Å². The Labute approximate surface area is 180 Å². The maximum absolute atomic E-state index is 9.39. The summed E-state index contributed by atoms with van der Waals surface area (Å²) in [7, 11) is 0. The van der Waals surface area contributed by atoms with E-state index < -0.39 is 0 Å². The lowest BCUT2D eigenvalue weighted by atomic mass is 10.1. The average Bonchev–Trinajstić information content (AvgIpc) is 3.20.